The van der Waals surface area contributed by atoms with Crippen molar-refractivity contribution < 1.29 is 0 Å². The SMILES string of the molecule is N#CC1[C@H]2C3c4cccc5cccc(c45)C3[C@@H]12. The molecule has 0 bridgehead atoms. The molecule has 0 N–H and O–H groups in total. The molecule has 17 heavy (non-hydrogen) atoms. The van der Waals surface area contributed by atoms with Gasteiger partial charge in [0, 0.05) is 0 Å². The highest BCUT2D eigenvalue weighted by Crippen LogP contribution is 2.78. The molecule has 0 saturated heterocycles. The summed E-state index contributed by atoms with van der Waals surface area (Å²) in [5.74, 6) is 3.00. The van der Waals surface area contributed by atoms with Crippen LogP contribution in [-0.2, 0) is 0 Å². The molecule has 0 aromatic heterocycles. The third-order valence-electron chi connectivity index (χ3n) is 5.19. The highest BCUT2D eigenvalue weighted by atomic mass is 14.7. The molecule has 1 nitrogen and oxygen atoms in total. The van der Waals surface area contributed by atoms with E-state index in [9.17, 15) is 0 Å². The summed E-state index contributed by atoms with van der Waals surface area (Å²) in [5, 5.41) is 12.0. The molecule has 0 amide bonds. The summed E-state index contributed by atoms with van der Waals surface area (Å²) in [4.78, 5) is 0. The number of nitriles is 1. The molecular weight excluding hydrogens is 206 g/mol. The van der Waals surface area contributed by atoms with E-state index in [2.05, 4.69) is 42.5 Å². The van der Waals surface area contributed by atoms with Gasteiger partial charge in [-0.3, -0.25) is 0 Å². The first kappa shape index (κ1) is 8.31. The number of hydrogen-bond donors (Lipinski definition) is 0. The van der Waals surface area contributed by atoms with Gasteiger partial charge in [0.1, 0.15) is 0 Å². The quantitative estimate of drug-likeness (QED) is 0.663. The van der Waals surface area contributed by atoms with Gasteiger partial charge >= 0.3 is 0 Å². The zero-order valence-electron chi connectivity index (χ0n) is 9.30. The Labute approximate surface area is 99.7 Å². The molecule has 0 aliphatic heterocycles. The van der Waals surface area contributed by atoms with Crippen LogP contribution in [0.1, 0.15) is 23.0 Å². The molecule has 5 atom stereocenters. The third kappa shape index (κ3) is 0.718. The molecule has 3 aliphatic rings. The number of fused-ring (bicyclic) bond motifs is 6. The van der Waals surface area contributed by atoms with Crippen LogP contribution in [0.15, 0.2) is 36.4 Å². The maximum absolute atomic E-state index is 9.13. The van der Waals surface area contributed by atoms with Crippen molar-refractivity contribution in [2.24, 2.45) is 17.8 Å². The Bertz CT molecular complexity index is 658. The van der Waals surface area contributed by atoms with Crippen molar-refractivity contribution in [3.05, 3.63) is 47.5 Å². The second-order valence-electron chi connectivity index (χ2n) is 5.65. The monoisotopic (exact) mass is 217 g/mol. The second kappa shape index (κ2) is 2.38. The number of benzene rings is 2. The van der Waals surface area contributed by atoms with Gasteiger partial charge in [0.2, 0.25) is 0 Å². The molecule has 3 aliphatic carbocycles. The van der Waals surface area contributed by atoms with Gasteiger partial charge in [-0.15, -0.1) is 0 Å². The Kier molecular flexibility index (Phi) is 1.16. The molecular formula is C16H11N. The van der Waals surface area contributed by atoms with E-state index in [4.69, 9.17) is 5.26 Å². The highest BCUT2D eigenvalue weighted by Gasteiger charge is 2.72. The van der Waals surface area contributed by atoms with Gasteiger partial charge in [-0.25, -0.2) is 0 Å². The first-order valence-corrected chi connectivity index (χ1v) is 6.33. The van der Waals surface area contributed by atoms with Gasteiger partial charge in [0.05, 0.1) is 12.0 Å². The second-order valence-corrected chi connectivity index (χ2v) is 5.65. The zero-order chi connectivity index (χ0) is 11.1. The van der Waals surface area contributed by atoms with Crippen molar-refractivity contribution in [3.8, 4) is 6.07 Å². The molecule has 2 saturated carbocycles. The number of hydrogen-bond acceptors (Lipinski definition) is 1. The zero-order valence-corrected chi connectivity index (χ0v) is 9.30. The summed E-state index contributed by atoms with van der Waals surface area (Å²) in [6, 6.07) is 15.8. The predicted molar refractivity (Wildman–Crippen MR) is 65.5 cm³/mol. The van der Waals surface area contributed by atoms with Crippen LogP contribution in [0, 0.1) is 29.1 Å². The summed E-state index contributed by atoms with van der Waals surface area (Å²) in [7, 11) is 0. The maximum Gasteiger partial charge on any atom is 0.0662 e. The van der Waals surface area contributed by atoms with E-state index in [1.165, 1.54) is 21.9 Å². The normalized spacial score (nSPS) is 39.1. The molecule has 0 spiro atoms. The minimum absolute atomic E-state index is 0.341. The maximum atomic E-state index is 9.13. The van der Waals surface area contributed by atoms with Crippen molar-refractivity contribution in [3.63, 3.8) is 0 Å². The highest BCUT2D eigenvalue weighted by molar-refractivity contribution is 5.93. The molecule has 2 aromatic carbocycles. The van der Waals surface area contributed by atoms with E-state index in [1.807, 2.05) is 0 Å². The Morgan fingerprint density at radius 3 is 2.00 bits per heavy atom. The van der Waals surface area contributed by atoms with Gasteiger partial charge in [0.25, 0.3) is 0 Å². The van der Waals surface area contributed by atoms with Crippen LogP contribution < -0.4 is 0 Å². The number of nitrogens with zero attached hydrogens (tertiary/aromatic N) is 1. The third-order valence-corrected chi connectivity index (χ3v) is 5.19. The van der Waals surface area contributed by atoms with Gasteiger partial charge in [-0.1, -0.05) is 36.4 Å². The van der Waals surface area contributed by atoms with E-state index in [0.29, 0.717) is 29.6 Å². The van der Waals surface area contributed by atoms with E-state index in [1.54, 1.807) is 0 Å². The van der Waals surface area contributed by atoms with Crippen molar-refractivity contribution in [1.82, 2.24) is 0 Å². The fraction of sp³-hybridized carbons (Fsp3) is 0.312. The average molecular weight is 217 g/mol. The molecule has 0 heterocycles. The number of rotatable bonds is 0. The lowest BCUT2D eigenvalue weighted by Gasteiger charge is -2.30. The van der Waals surface area contributed by atoms with E-state index in [-0.39, 0.29) is 0 Å². The van der Waals surface area contributed by atoms with Crippen LogP contribution in [0.25, 0.3) is 10.8 Å². The van der Waals surface area contributed by atoms with Crippen LogP contribution in [0.3, 0.4) is 0 Å². The summed E-state index contributed by atoms with van der Waals surface area (Å²) in [6.07, 6.45) is 0. The lowest BCUT2D eigenvalue weighted by Crippen LogP contribution is -2.20. The van der Waals surface area contributed by atoms with E-state index >= 15 is 0 Å². The van der Waals surface area contributed by atoms with Gasteiger partial charge in [-0.05, 0) is 45.6 Å². The van der Waals surface area contributed by atoms with Crippen molar-refractivity contribution in [2.45, 2.75) is 11.8 Å². The molecule has 80 valence electrons. The van der Waals surface area contributed by atoms with E-state index in [0.717, 1.165) is 0 Å². The Balaban J connectivity index is 1.83. The topological polar surface area (TPSA) is 23.8 Å². The lowest BCUT2D eigenvalue weighted by atomic mass is 9.72. The Morgan fingerprint density at radius 2 is 1.47 bits per heavy atom. The standard InChI is InChI=1S/C16H11N/c17-7-11-15-13-9-5-1-3-8-4-2-6-10(12(8)9)14(13)16(11)15/h1-6,11,13-16H/t11?,13?,14?,15-,16+. The molecule has 2 fully saturated rings. The van der Waals surface area contributed by atoms with Crippen LogP contribution in [0.2, 0.25) is 0 Å². The van der Waals surface area contributed by atoms with Crippen LogP contribution >= 0.6 is 0 Å². The lowest BCUT2D eigenvalue weighted by molar-refractivity contribution is 0.334. The molecule has 5 rings (SSSR count). The van der Waals surface area contributed by atoms with E-state index < -0.39 is 0 Å². The summed E-state index contributed by atoms with van der Waals surface area (Å²) in [6.45, 7) is 0. The predicted octanol–water partition coefficient (Wildman–Crippen LogP) is 3.42. The van der Waals surface area contributed by atoms with Gasteiger partial charge in [-0.2, -0.15) is 5.26 Å². The Morgan fingerprint density at radius 1 is 0.882 bits per heavy atom. The fourth-order valence-electron chi connectivity index (χ4n) is 4.55. The largest absolute Gasteiger partial charge is 0.198 e. The summed E-state index contributed by atoms with van der Waals surface area (Å²) < 4.78 is 0. The molecule has 1 heteroatoms. The van der Waals surface area contributed by atoms with Crippen molar-refractivity contribution >= 4 is 10.8 Å². The fourth-order valence-corrected chi connectivity index (χ4v) is 4.55. The van der Waals surface area contributed by atoms with Gasteiger partial charge < -0.3 is 0 Å². The first-order chi connectivity index (χ1) is 8.42. The molecule has 3 unspecified atom stereocenters. The average Bonchev–Trinajstić information content (AvgIpc) is 2.88. The van der Waals surface area contributed by atoms with Crippen molar-refractivity contribution in [2.75, 3.05) is 0 Å². The smallest absolute Gasteiger partial charge is 0.0662 e. The minimum Gasteiger partial charge on any atom is -0.198 e. The minimum atomic E-state index is 0.341. The van der Waals surface area contributed by atoms with Gasteiger partial charge in [0.15, 0.2) is 0 Å². The summed E-state index contributed by atoms with van der Waals surface area (Å²) in [5.41, 5.74) is 3.03. The first-order valence-electron chi connectivity index (χ1n) is 6.33. The summed E-state index contributed by atoms with van der Waals surface area (Å²) >= 11 is 0. The van der Waals surface area contributed by atoms with Crippen molar-refractivity contribution in [1.29, 1.82) is 5.26 Å². The van der Waals surface area contributed by atoms with Crippen LogP contribution in [0.5, 0.6) is 0 Å². The molecule has 0 radical (unpaired) electrons. The Hall–Kier alpha value is -1.81. The van der Waals surface area contributed by atoms with Crippen LogP contribution in [-0.4, -0.2) is 0 Å². The van der Waals surface area contributed by atoms with Crippen LogP contribution in [0.4, 0.5) is 0 Å². The molecule has 2 aromatic rings.